The molecule has 5 nitrogen and oxygen atoms in total. The van der Waals surface area contributed by atoms with Gasteiger partial charge in [-0.05, 0) is 19.4 Å². The summed E-state index contributed by atoms with van der Waals surface area (Å²) in [6, 6.07) is 8.03. The molecule has 0 amide bonds. The molecule has 1 aliphatic rings. The minimum absolute atomic E-state index is 0.223. The van der Waals surface area contributed by atoms with Crippen molar-refractivity contribution >= 4 is 0 Å². The Kier molecular flexibility index (Phi) is 3.31. The van der Waals surface area contributed by atoms with Gasteiger partial charge in [-0.3, -0.25) is 4.90 Å². The largest absolute Gasteiger partial charge is 0.392 e. The van der Waals surface area contributed by atoms with Crippen molar-refractivity contribution in [2.75, 3.05) is 13.1 Å². The zero-order valence-corrected chi connectivity index (χ0v) is 10.9. The third-order valence-corrected chi connectivity index (χ3v) is 3.35. The van der Waals surface area contributed by atoms with Gasteiger partial charge in [0.05, 0.1) is 12.6 Å². The lowest BCUT2D eigenvalue weighted by Gasteiger charge is -2.10. The highest BCUT2D eigenvalue weighted by atomic mass is 16.5. The van der Waals surface area contributed by atoms with Crippen molar-refractivity contribution in [3.8, 4) is 11.4 Å². The van der Waals surface area contributed by atoms with Crippen molar-refractivity contribution in [1.82, 2.24) is 15.0 Å². The predicted octanol–water partition coefficient (Wildman–Crippen LogP) is 1.61. The normalized spacial score (nSPS) is 20.0. The van der Waals surface area contributed by atoms with Crippen LogP contribution in [0.25, 0.3) is 11.4 Å². The van der Waals surface area contributed by atoms with Crippen molar-refractivity contribution in [3.63, 3.8) is 0 Å². The van der Waals surface area contributed by atoms with E-state index < -0.39 is 0 Å². The van der Waals surface area contributed by atoms with Gasteiger partial charge in [-0.25, -0.2) is 0 Å². The van der Waals surface area contributed by atoms with Crippen LogP contribution in [0.15, 0.2) is 28.8 Å². The summed E-state index contributed by atoms with van der Waals surface area (Å²) in [6.07, 6.45) is 0.595. The van der Waals surface area contributed by atoms with E-state index in [-0.39, 0.29) is 6.10 Å². The second kappa shape index (κ2) is 5.11. The number of likely N-dealkylation sites (tertiary alicyclic amines) is 1. The minimum atomic E-state index is -0.223. The lowest BCUT2D eigenvalue weighted by atomic mass is 10.1. The van der Waals surface area contributed by atoms with E-state index in [1.165, 1.54) is 5.56 Å². The number of aryl methyl sites for hydroxylation is 1. The molecule has 3 rings (SSSR count). The van der Waals surface area contributed by atoms with E-state index in [9.17, 15) is 5.11 Å². The average molecular weight is 259 g/mol. The monoisotopic (exact) mass is 259 g/mol. The molecule has 1 saturated heterocycles. The molecule has 0 aliphatic carbocycles. The summed E-state index contributed by atoms with van der Waals surface area (Å²) >= 11 is 0. The van der Waals surface area contributed by atoms with E-state index in [1.54, 1.807) is 0 Å². The summed E-state index contributed by atoms with van der Waals surface area (Å²) in [7, 11) is 0. The molecule has 1 N–H and O–H groups in total. The first-order chi connectivity index (χ1) is 9.20. The summed E-state index contributed by atoms with van der Waals surface area (Å²) in [5, 5.41) is 13.5. The highest BCUT2D eigenvalue weighted by Gasteiger charge is 2.22. The van der Waals surface area contributed by atoms with Crippen LogP contribution in [0.4, 0.5) is 0 Å². The Balaban J connectivity index is 1.73. The van der Waals surface area contributed by atoms with Gasteiger partial charge in [0, 0.05) is 18.7 Å². The first-order valence-electron chi connectivity index (χ1n) is 6.51. The van der Waals surface area contributed by atoms with Gasteiger partial charge in [0.15, 0.2) is 0 Å². The maximum atomic E-state index is 9.48. The zero-order chi connectivity index (χ0) is 13.2. The molecular formula is C14H17N3O2. The molecule has 1 fully saturated rings. The molecule has 0 unspecified atom stereocenters. The molecule has 5 heteroatoms. The smallest absolute Gasteiger partial charge is 0.241 e. The van der Waals surface area contributed by atoms with Crippen LogP contribution in [-0.4, -0.2) is 39.3 Å². The Hall–Kier alpha value is -1.72. The highest BCUT2D eigenvalue weighted by molar-refractivity contribution is 5.55. The van der Waals surface area contributed by atoms with Crippen molar-refractivity contribution in [2.45, 2.75) is 26.0 Å². The number of benzene rings is 1. The van der Waals surface area contributed by atoms with Gasteiger partial charge in [0.2, 0.25) is 11.7 Å². The fourth-order valence-electron chi connectivity index (χ4n) is 2.37. The fraction of sp³-hybridized carbons (Fsp3) is 0.429. The maximum absolute atomic E-state index is 9.48. The van der Waals surface area contributed by atoms with Crippen LogP contribution in [0.1, 0.15) is 17.9 Å². The number of nitrogens with zero attached hydrogens (tertiary/aromatic N) is 3. The molecule has 0 spiro atoms. The summed E-state index contributed by atoms with van der Waals surface area (Å²) in [4.78, 5) is 6.53. The number of aliphatic hydroxyl groups is 1. The number of rotatable bonds is 3. The highest BCUT2D eigenvalue weighted by Crippen LogP contribution is 2.18. The first kappa shape index (κ1) is 12.3. The van der Waals surface area contributed by atoms with Gasteiger partial charge >= 0.3 is 0 Å². The van der Waals surface area contributed by atoms with Crippen molar-refractivity contribution in [2.24, 2.45) is 0 Å². The molecule has 1 aromatic carbocycles. The Morgan fingerprint density at radius 1 is 1.47 bits per heavy atom. The fourth-order valence-corrected chi connectivity index (χ4v) is 2.37. The number of hydrogen-bond donors (Lipinski definition) is 1. The Morgan fingerprint density at radius 3 is 3.11 bits per heavy atom. The van der Waals surface area contributed by atoms with Gasteiger partial charge in [-0.1, -0.05) is 28.9 Å². The van der Waals surface area contributed by atoms with Crippen LogP contribution in [0, 0.1) is 6.92 Å². The van der Waals surface area contributed by atoms with Gasteiger partial charge in [0.1, 0.15) is 0 Å². The second-order valence-corrected chi connectivity index (χ2v) is 5.06. The van der Waals surface area contributed by atoms with Gasteiger partial charge in [-0.15, -0.1) is 0 Å². The van der Waals surface area contributed by atoms with Crippen molar-refractivity contribution < 1.29 is 9.63 Å². The molecular weight excluding hydrogens is 242 g/mol. The lowest BCUT2D eigenvalue weighted by Crippen LogP contribution is -2.21. The minimum Gasteiger partial charge on any atom is -0.392 e. The van der Waals surface area contributed by atoms with E-state index in [2.05, 4.69) is 15.0 Å². The zero-order valence-electron chi connectivity index (χ0n) is 10.9. The summed E-state index contributed by atoms with van der Waals surface area (Å²) in [5.74, 6) is 1.23. The molecule has 100 valence electrons. The van der Waals surface area contributed by atoms with Crippen molar-refractivity contribution in [3.05, 3.63) is 35.7 Å². The standard InChI is InChI=1S/C14H17N3O2/c1-10-3-2-4-11(7-10)14-15-13(19-16-14)9-17-6-5-12(18)8-17/h2-4,7,12,18H,5-6,8-9H2,1H3/t12-/m0/s1. The Labute approximate surface area is 111 Å². The molecule has 0 bridgehead atoms. The number of hydrogen-bond acceptors (Lipinski definition) is 5. The molecule has 1 aliphatic heterocycles. The van der Waals surface area contributed by atoms with E-state index in [1.807, 2.05) is 31.2 Å². The first-order valence-corrected chi connectivity index (χ1v) is 6.51. The average Bonchev–Trinajstić information content (AvgIpc) is 2.99. The number of β-amino-alcohol motifs (C(OH)–C–C–N with tert-alkyl or cyclic N) is 1. The van der Waals surface area contributed by atoms with E-state index in [0.717, 1.165) is 18.5 Å². The third kappa shape index (κ3) is 2.83. The molecule has 0 saturated carbocycles. The van der Waals surface area contributed by atoms with Crippen LogP contribution in [0.3, 0.4) is 0 Å². The van der Waals surface area contributed by atoms with Gasteiger partial charge in [-0.2, -0.15) is 4.98 Å². The molecule has 2 heterocycles. The summed E-state index contributed by atoms with van der Waals surface area (Å²) < 4.78 is 5.27. The molecule has 2 aromatic rings. The van der Waals surface area contributed by atoms with E-state index in [4.69, 9.17) is 4.52 Å². The molecule has 1 aromatic heterocycles. The molecule has 1 atom stereocenters. The van der Waals surface area contributed by atoms with Crippen LogP contribution >= 0.6 is 0 Å². The summed E-state index contributed by atoms with van der Waals surface area (Å²) in [5.41, 5.74) is 2.14. The second-order valence-electron chi connectivity index (χ2n) is 5.06. The van der Waals surface area contributed by atoms with Crippen LogP contribution in [0.2, 0.25) is 0 Å². The maximum Gasteiger partial charge on any atom is 0.241 e. The Bertz CT molecular complexity index is 567. The SMILES string of the molecule is Cc1cccc(-c2noc(CN3CC[C@H](O)C3)n2)c1. The van der Waals surface area contributed by atoms with Crippen molar-refractivity contribution in [1.29, 1.82) is 0 Å². The Morgan fingerprint density at radius 2 is 2.37 bits per heavy atom. The van der Waals surface area contributed by atoms with Gasteiger partial charge in [0.25, 0.3) is 0 Å². The van der Waals surface area contributed by atoms with E-state index in [0.29, 0.717) is 24.8 Å². The predicted molar refractivity (Wildman–Crippen MR) is 70.4 cm³/mol. The van der Waals surface area contributed by atoms with Crippen LogP contribution < -0.4 is 0 Å². The number of aliphatic hydroxyl groups excluding tert-OH is 1. The van der Waals surface area contributed by atoms with E-state index >= 15 is 0 Å². The third-order valence-electron chi connectivity index (χ3n) is 3.35. The number of aromatic nitrogens is 2. The topological polar surface area (TPSA) is 62.4 Å². The van der Waals surface area contributed by atoms with Gasteiger partial charge < -0.3 is 9.63 Å². The van der Waals surface area contributed by atoms with Crippen LogP contribution in [-0.2, 0) is 6.54 Å². The van der Waals surface area contributed by atoms with Crippen LogP contribution in [0.5, 0.6) is 0 Å². The summed E-state index contributed by atoms with van der Waals surface area (Å²) in [6.45, 7) is 4.21. The quantitative estimate of drug-likeness (QED) is 0.907. The lowest BCUT2D eigenvalue weighted by molar-refractivity contribution is 0.169. The molecule has 0 radical (unpaired) electrons. The molecule has 19 heavy (non-hydrogen) atoms.